The van der Waals surface area contributed by atoms with Crippen molar-refractivity contribution in [1.82, 2.24) is 4.57 Å². The van der Waals surface area contributed by atoms with E-state index < -0.39 is 5.97 Å². The van der Waals surface area contributed by atoms with Crippen LogP contribution in [0.25, 0.3) is 17.0 Å². The topological polar surface area (TPSA) is 76.0 Å². The first-order chi connectivity index (χ1) is 14.0. The number of rotatable bonds is 6. The first kappa shape index (κ1) is 20.0. The number of nitrogens with zero attached hydrogens (tertiary/aromatic N) is 1. The van der Waals surface area contributed by atoms with E-state index in [2.05, 4.69) is 0 Å². The summed E-state index contributed by atoms with van der Waals surface area (Å²) in [4.78, 5) is 24.9. The minimum absolute atomic E-state index is 0.326. The lowest BCUT2D eigenvalue weighted by Crippen LogP contribution is -2.06. The van der Waals surface area contributed by atoms with Gasteiger partial charge in [0.15, 0.2) is 11.5 Å². The zero-order valence-electron chi connectivity index (χ0n) is 16.6. The molecule has 7 heteroatoms. The normalized spacial score (nSPS) is 10.9. The van der Waals surface area contributed by atoms with Crippen LogP contribution in [0.3, 0.4) is 0 Å². The van der Waals surface area contributed by atoms with Gasteiger partial charge in [0.25, 0.3) is 5.91 Å². The number of benzene rings is 2. The smallest absolute Gasteiger partial charge is 0.340 e. The van der Waals surface area contributed by atoms with E-state index in [1.54, 1.807) is 42.5 Å². The molecule has 29 heavy (non-hydrogen) atoms. The predicted octanol–water partition coefficient (Wildman–Crippen LogP) is 3.81. The molecule has 0 radical (unpaired) electrons. The largest absolute Gasteiger partial charge is 0.493 e. The molecule has 1 heterocycles. The number of methoxy groups -OCH3 is 4. The lowest BCUT2D eigenvalue weighted by Gasteiger charge is -2.13. The van der Waals surface area contributed by atoms with Gasteiger partial charge in [0.2, 0.25) is 5.75 Å². The highest BCUT2D eigenvalue weighted by molar-refractivity contribution is 6.09. The van der Waals surface area contributed by atoms with E-state index in [0.29, 0.717) is 39.3 Å². The first-order valence-electron chi connectivity index (χ1n) is 8.75. The fourth-order valence-corrected chi connectivity index (χ4v) is 3.13. The van der Waals surface area contributed by atoms with Crippen LogP contribution >= 0.6 is 0 Å². The Morgan fingerprint density at radius 3 is 2.28 bits per heavy atom. The van der Waals surface area contributed by atoms with Crippen molar-refractivity contribution in [3.8, 4) is 17.2 Å². The predicted molar refractivity (Wildman–Crippen MR) is 109 cm³/mol. The minimum atomic E-state index is -0.502. The lowest BCUT2D eigenvalue weighted by molar-refractivity contribution is 0.0603. The van der Waals surface area contributed by atoms with E-state index in [4.69, 9.17) is 18.9 Å². The van der Waals surface area contributed by atoms with Gasteiger partial charge >= 0.3 is 5.97 Å². The summed E-state index contributed by atoms with van der Waals surface area (Å²) in [6.45, 7) is 0. The Balaban J connectivity index is 2.02. The van der Waals surface area contributed by atoms with E-state index >= 15 is 0 Å². The SMILES string of the molecule is COC(=O)c1cn(C(=O)/C=C/c2ccc(OC)c(OC)c2OC)c2ccccc12. The van der Waals surface area contributed by atoms with Crippen LogP contribution in [0.15, 0.2) is 48.7 Å². The summed E-state index contributed by atoms with van der Waals surface area (Å²) in [5.41, 5.74) is 1.58. The number of fused-ring (bicyclic) bond motifs is 1. The quantitative estimate of drug-likeness (QED) is 0.467. The number of carbonyl (C=O) groups excluding carboxylic acids is 2. The Hall–Kier alpha value is -3.74. The summed E-state index contributed by atoms with van der Waals surface area (Å²) < 4.78 is 22.3. The molecular formula is C22H21NO6. The molecule has 2 aromatic carbocycles. The Kier molecular flexibility index (Phi) is 5.87. The number of para-hydroxylation sites is 1. The molecule has 0 fully saturated rings. The number of aromatic nitrogens is 1. The van der Waals surface area contributed by atoms with Gasteiger partial charge < -0.3 is 18.9 Å². The van der Waals surface area contributed by atoms with E-state index in [-0.39, 0.29) is 5.91 Å². The molecule has 0 bridgehead atoms. The van der Waals surface area contributed by atoms with Crippen molar-refractivity contribution in [2.75, 3.05) is 28.4 Å². The zero-order valence-corrected chi connectivity index (χ0v) is 16.6. The van der Waals surface area contributed by atoms with Gasteiger partial charge in [-0.3, -0.25) is 9.36 Å². The van der Waals surface area contributed by atoms with Gasteiger partial charge in [-0.1, -0.05) is 18.2 Å². The fraction of sp³-hybridized carbons (Fsp3) is 0.182. The van der Waals surface area contributed by atoms with Crippen molar-refractivity contribution in [2.45, 2.75) is 0 Å². The van der Waals surface area contributed by atoms with Crippen molar-refractivity contribution in [3.63, 3.8) is 0 Å². The molecule has 7 nitrogen and oxygen atoms in total. The van der Waals surface area contributed by atoms with Crippen molar-refractivity contribution >= 4 is 28.9 Å². The first-order valence-corrected chi connectivity index (χ1v) is 8.75. The van der Waals surface area contributed by atoms with Gasteiger partial charge in [0.05, 0.1) is 39.5 Å². The average Bonchev–Trinajstić information content (AvgIpc) is 3.15. The molecule has 0 aliphatic rings. The summed E-state index contributed by atoms with van der Waals surface area (Å²) in [6, 6.07) is 10.6. The van der Waals surface area contributed by atoms with E-state index in [1.165, 1.54) is 45.3 Å². The van der Waals surface area contributed by atoms with Crippen LogP contribution in [0.1, 0.15) is 20.7 Å². The summed E-state index contributed by atoms with van der Waals surface area (Å²) in [5, 5.41) is 0.643. The molecule has 0 atom stereocenters. The highest BCUT2D eigenvalue weighted by Gasteiger charge is 2.18. The van der Waals surface area contributed by atoms with Gasteiger partial charge in [0.1, 0.15) is 0 Å². The number of esters is 1. The van der Waals surface area contributed by atoms with E-state index in [0.717, 1.165) is 0 Å². The second kappa shape index (κ2) is 8.52. The van der Waals surface area contributed by atoms with Gasteiger partial charge in [-0.2, -0.15) is 0 Å². The maximum absolute atomic E-state index is 12.9. The standard InChI is InChI=1S/C22H21NO6/c1-26-18-11-9-14(20(27-2)21(18)28-3)10-12-19(24)23-13-16(22(25)29-4)15-7-5-6-8-17(15)23/h5-13H,1-4H3/b12-10+. The highest BCUT2D eigenvalue weighted by atomic mass is 16.5. The molecule has 0 aliphatic carbocycles. The van der Waals surface area contributed by atoms with Crippen molar-refractivity contribution in [2.24, 2.45) is 0 Å². The number of carbonyl (C=O) groups is 2. The van der Waals surface area contributed by atoms with Crippen LogP contribution in [0.4, 0.5) is 0 Å². The number of hydrogen-bond donors (Lipinski definition) is 0. The third-order valence-electron chi connectivity index (χ3n) is 4.49. The Bertz CT molecular complexity index is 1100. The molecule has 0 saturated carbocycles. The molecule has 3 aromatic rings. The number of ether oxygens (including phenoxy) is 4. The van der Waals surface area contributed by atoms with Gasteiger partial charge in [-0.05, 0) is 24.3 Å². The second-order valence-corrected chi connectivity index (χ2v) is 6.02. The maximum atomic E-state index is 12.9. The molecule has 3 rings (SSSR count). The zero-order chi connectivity index (χ0) is 21.0. The summed E-state index contributed by atoms with van der Waals surface area (Å²) in [7, 11) is 5.86. The molecule has 0 amide bonds. The summed E-state index contributed by atoms with van der Waals surface area (Å²) in [6.07, 6.45) is 4.50. The third kappa shape index (κ3) is 3.67. The molecule has 1 aromatic heterocycles. The molecule has 0 unspecified atom stereocenters. The Morgan fingerprint density at radius 2 is 1.62 bits per heavy atom. The summed E-state index contributed by atoms with van der Waals surface area (Å²) >= 11 is 0. The fourth-order valence-electron chi connectivity index (χ4n) is 3.13. The molecular weight excluding hydrogens is 374 g/mol. The van der Waals surface area contributed by atoms with Crippen molar-refractivity contribution in [1.29, 1.82) is 0 Å². The minimum Gasteiger partial charge on any atom is -0.493 e. The van der Waals surface area contributed by atoms with Crippen molar-refractivity contribution in [3.05, 3.63) is 59.8 Å². The third-order valence-corrected chi connectivity index (χ3v) is 4.49. The molecule has 0 spiro atoms. The highest BCUT2D eigenvalue weighted by Crippen LogP contribution is 2.40. The maximum Gasteiger partial charge on any atom is 0.340 e. The van der Waals surface area contributed by atoms with Gasteiger partial charge in [0, 0.05) is 23.2 Å². The summed E-state index contributed by atoms with van der Waals surface area (Å²) in [5.74, 6) is 0.575. The van der Waals surface area contributed by atoms with Gasteiger partial charge in [-0.25, -0.2) is 4.79 Å². The average molecular weight is 395 g/mol. The monoisotopic (exact) mass is 395 g/mol. The van der Waals surface area contributed by atoms with Crippen molar-refractivity contribution < 1.29 is 28.5 Å². The van der Waals surface area contributed by atoms with Crippen LogP contribution in [-0.2, 0) is 4.74 Å². The molecule has 0 saturated heterocycles. The van der Waals surface area contributed by atoms with Crippen LogP contribution in [0.5, 0.6) is 17.2 Å². The Morgan fingerprint density at radius 1 is 0.897 bits per heavy atom. The lowest BCUT2D eigenvalue weighted by atomic mass is 10.1. The molecule has 0 aliphatic heterocycles. The van der Waals surface area contributed by atoms with E-state index in [9.17, 15) is 9.59 Å². The number of hydrogen-bond acceptors (Lipinski definition) is 6. The van der Waals surface area contributed by atoms with Crippen LogP contribution < -0.4 is 14.2 Å². The van der Waals surface area contributed by atoms with Crippen LogP contribution in [-0.4, -0.2) is 44.9 Å². The number of allylic oxidation sites excluding steroid dienone is 1. The van der Waals surface area contributed by atoms with Crippen LogP contribution in [0.2, 0.25) is 0 Å². The van der Waals surface area contributed by atoms with Crippen LogP contribution in [0, 0.1) is 0 Å². The van der Waals surface area contributed by atoms with Gasteiger partial charge in [-0.15, -0.1) is 0 Å². The Labute approximate surface area is 168 Å². The second-order valence-electron chi connectivity index (χ2n) is 6.02. The molecule has 0 N–H and O–H groups in total. The van der Waals surface area contributed by atoms with E-state index in [1.807, 2.05) is 0 Å². The molecule has 150 valence electrons.